The van der Waals surface area contributed by atoms with Crippen molar-refractivity contribution in [3.8, 4) is 0 Å². The van der Waals surface area contributed by atoms with Crippen molar-refractivity contribution >= 4 is 11.8 Å². The van der Waals surface area contributed by atoms with Crippen molar-refractivity contribution in [1.82, 2.24) is 15.1 Å². The van der Waals surface area contributed by atoms with Crippen LogP contribution in [0.5, 0.6) is 0 Å². The molecular formula is C11H22N4O2. The van der Waals surface area contributed by atoms with Crippen LogP contribution in [-0.2, 0) is 9.59 Å². The summed E-state index contributed by atoms with van der Waals surface area (Å²) < 4.78 is 0. The van der Waals surface area contributed by atoms with Crippen LogP contribution in [-0.4, -0.2) is 66.9 Å². The molecule has 0 unspecified atom stereocenters. The lowest BCUT2D eigenvalue weighted by atomic mass is 10.3. The Morgan fingerprint density at radius 3 is 2.29 bits per heavy atom. The molecule has 1 saturated heterocycles. The number of hydrogen-bond acceptors (Lipinski definition) is 4. The van der Waals surface area contributed by atoms with Crippen LogP contribution < -0.4 is 11.1 Å². The van der Waals surface area contributed by atoms with Crippen molar-refractivity contribution in [1.29, 1.82) is 0 Å². The maximum atomic E-state index is 11.5. The number of carbonyl (C=O) groups is 2. The van der Waals surface area contributed by atoms with E-state index in [0.717, 1.165) is 13.1 Å². The average Bonchev–Trinajstić information content (AvgIpc) is 2.28. The highest BCUT2D eigenvalue weighted by molar-refractivity contribution is 5.79. The fraction of sp³-hybridized carbons (Fsp3) is 0.818. The summed E-state index contributed by atoms with van der Waals surface area (Å²) in [4.78, 5) is 26.7. The van der Waals surface area contributed by atoms with Gasteiger partial charge in [-0.1, -0.05) is 0 Å². The molecule has 1 aliphatic rings. The van der Waals surface area contributed by atoms with Crippen molar-refractivity contribution in [2.45, 2.75) is 19.9 Å². The lowest BCUT2D eigenvalue weighted by molar-refractivity contribution is -0.131. The molecule has 0 aromatic carbocycles. The average molecular weight is 242 g/mol. The second kappa shape index (κ2) is 6.56. The molecule has 1 heterocycles. The molecule has 1 fully saturated rings. The van der Waals surface area contributed by atoms with E-state index in [0.29, 0.717) is 19.6 Å². The topological polar surface area (TPSA) is 78.7 Å². The number of amides is 2. The highest BCUT2D eigenvalue weighted by Gasteiger charge is 2.21. The van der Waals surface area contributed by atoms with E-state index in [4.69, 9.17) is 5.73 Å². The lowest BCUT2D eigenvalue weighted by Gasteiger charge is -2.34. The predicted octanol–water partition coefficient (Wildman–Crippen LogP) is -1.39. The van der Waals surface area contributed by atoms with Crippen LogP contribution in [0.15, 0.2) is 0 Å². The molecule has 0 aromatic heterocycles. The minimum atomic E-state index is -0.0173. The van der Waals surface area contributed by atoms with Crippen molar-refractivity contribution in [3.63, 3.8) is 0 Å². The Hall–Kier alpha value is -1.14. The Labute approximate surface area is 102 Å². The maximum absolute atomic E-state index is 11.5. The van der Waals surface area contributed by atoms with Gasteiger partial charge in [-0.05, 0) is 13.8 Å². The molecule has 1 rings (SSSR count). The minimum Gasteiger partial charge on any atom is -0.353 e. The first-order valence-electron chi connectivity index (χ1n) is 6.02. The zero-order valence-electron chi connectivity index (χ0n) is 10.6. The molecule has 0 atom stereocenters. The fourth-order valence-corrected chi connectivity index (χ4v) is 1.86. The summed E-state index contributed by atoms with van der Waals surface area (Å²) in [6, 6.07) is 0.169. The monoisotopic (exact) mass is 242 g/mol. The van der Waals surface area contributed by atoms with Gasteiger partial charge in [0.1, 0.15) is 0 Å². The van der Waals surface area contributed by atoms with Gasteiger partial charge in [-0.2, -0.15) is 0 Å². The largest absolute Gasteiger partial charge is 0.353 e. The van der Waals surface area contributed by atoms with E-state index in [1.807, 2.05) is 13.8 Å². The number of piperazine rings is 1. The second-order valence-electron chi connectivity index (χ2n) is 4.58. The smallest absolute Gasteiger partial charge is 0.236 e. The molecule has 3 N–H and O–H groups in total. The Morgan fingerprint density at radius 2 is 1.82 bits per heavy atom. The Morgan fingerprint density at radius 1 is 1.24 bits per heavy atom. The number of carbonyl (C=O) groups excluding carboxylic acids is 2. The highest BCUT2D eigenvalue weighted by atomic mass is 16.2. The highest BCUT2D eigenvalue weighted by Crippen LogP contribution is 2.01. The third kappa shape index (κ3) is 4.70. The van der Waals surface area contributed by atoms with Crippen LogP contribution in [0.25, 0.3) is 0 Å². The van der Waals surface area contributed by atoms with Crippen molar-refractivity contribution < 1.29 is 9.59 Å². The maximum Gasteiger partial charge on any atom is 0.236 e. The summed E-state index contributed by atoms with van der Waals surface area (Å²) in [5, 5.41) is 2.85. The predicted molar refractivity (Wildman–Crippen MR) is 65.4 cm³/mol. The number of hydrogen-bond donors (Lipinski definition) is 2. The number of rotatable bonds is 4. The summed E-state index contributed by atoms with van der Waals surface area (Å²) in [6.07, 6.45) is 0. The quantitative estimate of drug-likeness (QED) is 0.636. The van der Waals surface area contributed by atoms with Crippen molar-refractivity contribution in [2.75, 3.05) is 39.3 Å². The zero-order chi connectivity index (χ0) is 12.8. The van der Waals surface area contributed by atoms with Crippen LogP contribution in [0.1, 0.15) is 13.8 Å². The van der Waals surface area contributed by atoms with Crippen LogP contribution in [0.4, 0.5) is 0 Å². The molecule has 17 heavy (non-hydrogen) atoms. The minimum absolute atomic E-state index is 0.0173. The van der Waals surface area contributed by atoms with Gasteiger partial charge in [0.15, 0.2) is 0 Å². The summed E-state index contributed by atoms with van der Waals surface area (Å²) in [5.41, 5.74) is 5.30. The van der Waals surface area contributed by atoms with Gasteiger partial charge < -0.3 is 16.0 Å². The van der Waals surface area contributed by atoms with E-state index in [2.05, 4.69) is 10.2 Å². The van der Waals surface area contributed by atoms with E-state index in [-0.39, 0.29) is 24.4 Å². The standard InChI is InChI=1S/C11H22N4O2/c1-9(2)13-10(16)8-14-3-5-15(6-4-14)11(17)7-12/h9H,3-8,12H2,1-2H3,(H,13,16). The van der Waals surface area contributed by atoms with Gasteiger partial charge in [-0.15, -0.1) is 0 Å². The Bertz CT molecular complexity index is 273. The van der Waals surface area contributed by atoms with Gasteiger partial charge in [0.2, 0.25) is 11.8 Å². The molecule has 0 bridgehead atoms. The second-order valence-corrected chi connectivity index (χ2v) is 4.58. The molecule has 0 saturated carbocycles. The summed E-state index contributed by atoms with van der Waals surface area (Å²) in [5.74, 6) is 0.0230. The summed E-state index contributed by atoms with van der Waals surface area (Å²) >= 11 is 0. The van der Waals surface area contributed by atoms with E-state index in [9.17, 15) is 9.59 Å². The van der Waals surface area contributed by atoms with E-state index in [1.165, 1.54) is 0 Å². The van der Waals surface area contributed by atoms with Gasteiger partial charge in [0.05, 0.1) is 13.1 Å². The van der Waals surface area contributed by atoms with E-state index in [1.54, 1.807) is 4.90 Å². The first-order chi connectivity index (χ1) is 8.02. The van der Waals surface area contributed by atoms with Crippen LogP contribution in [0.3, 0.4) is 0 Å². The first kappa shape index (κ1) is 13.9. The fourth-order valence-electron chi connectivity index (χ4n) is 1.86. The van der Waals surface area contributed by atoms with E-state index < -0.39 is 0 Å². The van der Waals surface area contributed by atoms with Crippen LogP contribution in [0.2, 0.25) is 0 Å². The normalized spacial score (nSPS) is 17.3. The molecule has 2 amide bonds. The number of nitrogens with zero attached hydrogens (tertiary/aromatic N) is 2. The molecule has 0 radical (unpaired) electrons. The van der Waals surface area contributed by atoms with Gasteiger partial charge in [-0.3, -0.25) is 14.5 Å². The third-order valence-electron chi connectivity index (χ3n) is 2.72. The van der Waals surface area contributed by atoms with Crippen LogP contribution >= 0.6 is 0 Å². The molecular weight excluding hydrogens is 220 g/mol. The van der Waals surface area contributed by atoms with Gasteiger partial charge in [0, 0.05) is 32.2 Å². The summed E-state index contributed by atoms with van der Waals surface area (Å²) in [7, 11) is 0. The molecule has 0 spiro atoms. The van der Waals surface area contributed by atoms with E-state index >= 15 is 0 Å². The molecule has 0 aliphatic carbocycles. The first-order valence-corrected chi connectivity index (χ1v) is 6.02. The molecule has 0 aromatic rings. The third-order valence-corrected chi connectivity index (χ3v) is 2.72. The summed E-state index contributed by atoms with van der Waals surface area (Å²) in [6.45, 7) is 7.13. The zero-order valence-corrected chi connectivity index (χ0v) is 10.6. The molecule has 98 valence electrons. The van der Waals surface area contributed by atoms with Crippen LogP contribution in [0, 0.1) is 0 Å². The lowest BCUT2D eigenvalue weighted by Crippen LogP contribution is -2.52. The Kier molecular flexibility index (Phi) is 5.37. The number of nitrogens with two attached hydrogens (primary N) is 1. The van der Waals surface area contributed by atoms with Gasteiger partial charge in [0.25, 0.3) is 0 Å². The van der Waals surface area contributed by atoms with Crippen molar-refractivity contribution in [3.05, 3.63) is 0 Å². The van der Waals surface area contributed by atoms with Crippen molar-refractivity contribution in [2.24, 2.45) is 5.73 Å². The Balaban J connectivity index is 2.27. The van der Waals surface area contributed by atoms with Gasteiger partial charge >= 0.3 is 0 Å². The molecule has 1 aliphatic heterocycles. The number of nitrogens with one attached hydrogen (secondary N) is 1. The SMILES string of the molecule is CC(C)NC(=O)CN1CCN(C(=O)CN)CC1. The van der Waals surface area contributed by atoms with Gasteiger partial charge in [-0.25, -0.2) is 0 Å². The molecule has 6 nitrogen and oxygen atoms in total. The molecule has 6 heteroatoms.